The van der Waals surface area contributed by atoms with Crippen LogP contribution < -0.4 is 0 Å². The molecule has 0 aliphatic carbocycles. The minimum absolute atomic E-state index is 0.00435. The summed E-state index contributed by atoms with van der Waals surface area (Å²) in [6, 6.07) is 7.16. The first-order valence-electron chi connectivity index (χ1n) is 3.22. The normalized spacial score (nSPS) is 15.1. The minimum atomic E-state index is -0.00435. The molecule has 1 aliphatic rings. The van der Waals surface area contributed by atoms with E-state index in [2.05, 4.69) is 0 Å². The fourth-order valence-electron chi connectivity index (χ4n) is 0.756. The summed E-state index contributed by atoms with van der Waals surface area (Å²) in [5.74, 6) is 0. The molecule has 0 bridgehead atoms. The second-order valence-corrected chi connectivity index (χ2v) is 4.17. The first kappa shape index (κ1) is 10.2. The lowest BCUT2D eigenvalue weighted by atomic mass is 10.1. The first-order valence-corrected chi connectivity index (χ1v) is 5.37. The van der Waals surface area contributed by atoms with Gasteiger partial charge in [0.25, 0.3) is 0 Å². The lowest BCUT2D eigenvalue weighted by Crippen LogP contribution is -1.95. The highest BCUT2D eigenvalue weighted by molar-refractivity contribution is 8.79. The van der Waals surface area contributed by atoms with Gasteiger partial charge in [0.15, 0.2) is 0 Å². The molecule has 14 heavy (non-hydrogen) atoms. The standard InChI is InChI=1S/C8N4S2/c9-1-5-6(2-10)8(4-12)14-13-7(5)3-11. The third kappa shape index (κ3) is 1.58. The topological polar surface area (TPSA) is 95.2 Å². The molecule has 1 aliphatic heterocycles. The molecule has 64 valence electrons. The van der Waals surface area contributed by atoms with Crippen molar-refractivity contribution >= 4 is 21.6 Å². The van der Waals surface area contributed by atoms with E-state index >= 15 is 0 Å². The van der Waals surface area contributed by atoms with Crippen molar-refractivity contribution in [3.05, 3.63) is 21.0 Å². The summed E-state index contributed by atoms with van der Waals surface area (Å²) in [6.45, 7) is 0. The van der Waals surface area contributed by atoms with Crippen molar-refractivity contribution in [2.24, 2.45) is 0 Å². The quantitative estimate of drug-likeness (QED) is 0.574. The SMILES string of the molecule is N#CC1=C(C#N)C(C#N)=C(C#N)SS1. The molecular weight excluding hydrogens is 216 g/mol. The van der Waals surface area contributed by atoms with E-state index < -0.39 is 0 Å². The summed E-state index contributed by atoms with van der Waals surface area (Å²) >= 11 is 0. The molecule has 0 fully saturated rings. The van der Waals surface area contributed by atoms with Crippen LogP contribution in [0.3, 0.4) is 0 Å². The van der Waals surface area contributed by atoms with Crippen LogP contribution in [0.15, 0.2) is 21.0 Å². The number of nitriles is 4. The fraction of sp³-hybridized carbons (Fsp3) is 0. The molecule has 0 aromatic heterocycles. The number of allylic oxidation sites excluding steroid dienone is 4. The van der Waals surface area contributed by atoms with Crippen molar-refractivity contribution in [1.29, 1.82) is 21.0 Å². The zero-order chi connectivity index (χ0) is 10.6. The second kappa shape index (κ2) is 4.40. The van der Waals surface area contributed by atoms with Crippen molar-refractivity contribution in [3.63, 3.8) is 0 Å². The van der Waals surface area contributed by atoms with Crippen LogP contribution in [-0.2, 0) is 0 Å². The van der Waals surface area contributed by atoms with Crippen molar-refractivity contribution in [2.75, 3.05) is 0 Å². The molecule has 0 atom stereocenters. The van der Waals surface area contributed by atoms with E-state index in [-0.39, 0.29) is 21.0 Å². The van der Waals surface area contributed by atoms with E-state index in [0.717, 1.165) is 21.6 Å². The Kier molecular flexibility index (Phi) is 3.21. The lowest BCUT2D eigenvalue weighted by Gasteiger charge is -2.08. The highest BCUT2D eigenvalue weighted by Gasteiger charge is 2.23. The van der Waals surface area contributed by atoms with Crippen molar-refractivity contribution in [2.45, 2.75) is 0 Å². The lowest BCUT2D eigenvalue weighted by molar-refractivity contribution is 1.41. The maximum atomic E-state index is 8.73. The average molecular weight is 216 g/mol. The molecule has 4 nitrogen and oxygen atoms in total. The molecule has 0 aromatic rings. The molecular formula is C8N4S2. The monoisotopic (exact) mass is 216 g/mol. The number of nitrogens with zero attached hydrogens (tertiary/aromatic N) is 4. The van der Waals surface area contributed by atoms with E-state index in [1.807, 2.05) is 12.1 Å². The summed E-state index contributed by atoms with van der Waals surface area (Å²) in [5.41, 5.74) is -0.00870. The molecule has 0 aromatic carbocycles. The van der Waals surface area contributed by atoms with Crippen LogP contribution in [0.5, 0.6) is 0 Å². The van der Waals surface area contributed by atoms with Gasteiger partial charge in [-0.25, -0.2) is 0 Å². The predicted octanol–water partition coefficient (Wildman–Crippen LogP) is 1.98. The Bertz CT molecular complexity index is 453. The predicted molar refractivity (Wildman–Crippen MR) is 51.7 cm³/mol. The first-order chi connectivity index (χ1) is 6.78. The number of rotatable bonds is 0. The molecule has 1 rings (SSSR count). The molecule has 6 heteroatoms. The van der Waals surface area contributed by atoms with Gasteiger partial charge in [-0.05, 0) is 21.6 Å². The summed E-state index contributed by atoms with van der Waals surface area (Å²) in [4.78, 5) is 0.348. The average Bonchev–Trinajstić information content (AvgIpc) is 2.26. The Morgan fingerprint density at radius 2 is 1.00 bits per heavy atom. The molecule has 0 saturated carbocycles. The third-order valence-electron chi connectivity index (χ3n) is 1.34. The van der Waals surface area contributed by atoms with Gasteiger partial charge in [0.2, 0.25) is 0 Å². The van der Waals surface area contributed by atoms with Gasteiger partial charge in [-0.2, -0.15) is 21.0 Å². The van der Waals surface area contributed by atoms with Crippen LogP contribution in [0.4, 0.5) is 0 Å². The zero-order valence-corrected chi connectivity index (χ0v) is 8.24. The van der Waals surface area contributed by atoms with E-state index in [1.54, 1.807) is 12.1 Å². The molecule has 1 heterocycles. The molecule has 0 unspecified atom stereocenters. The van der Waals surface area contributed by atoms with Crippen molar-refractivity contribution < 1.29 is 0 Å². The summed E-state index contributed by atoms with van der Waals surface area (Å²) < 4.78 is 0. The van der Waals surface area contributed by atoms with Gasteiger partial charge in [-0.15, -0.1) is 0 Å². The van der Waals surface area contributed by atoms with Gasteiger partial charge in [0, 0.05) is 0 Å². The number of hydrogen-bond acceptors (Lipinski definition) is 6. The smallest absolute Gasteiger partial charge is 0.115 e. The van der Waals surface area contributed by atoms with Gasteiger partial charge in [0.05, 0.1) is 11.1 Å². The summed E-state index contributed by atoms with van der Waals surface area (Å²) in [5, 5.41) is 34.8. The highest BCUT2D eigenvalue weighted by atomic mass is 33.1. The highest BCUT2D eigenvalue weighted by Crippen LogP contribution is 2.45. The van der Waals surface area contributed by atoms with Crippen LogP contribution in [-0.4, -0.2) is 0 Å². The Morgan fingerprint density at radius 1 is 0.643 bits per heavy atom. The zero-order valence-electron chi connectivity index (χ0n) is 6.61. The number of hydrogen-bond donors (Lipinski definition) is 0. The molecule has 0 spiro atoms. The van der Waals surface area contributed by atoms with E-state index in [9.17, 15) is 0 Å². The minimum Gasteiger partial charge on any atom is -0.192 e. The van der Waals surface area contributed by atoms with Crippen LogP contribution >= 0.6 is 21.6 Å². The summed E-state index contributed by atoms with van der Waals surface area (Å²) in [7, 11) is 2.06. The second-order valence-electron chi connectivity index (χ2n) is 2.02. The van der Waals surface area contributed by atoms with Crippen LogP contribution in [0.1, 0.15) is 0 Å². The van der Waals surface area contributed by atoms with Crippen molar-refractivity contribution in [1.82, 2.24) is 0 Å². The summed E-state index contributed by atoms with van der Waals surface area (Å²) in [6.07, 6.45) is 0. The van der Waals surface area contributed by atoms with E-state index in [0.29, 0.717) is 0 Å². The fourth-order valence-corrected chi connectivity index (χ4v) is 2.68. The maximum Gasteiger partial charge on any atom is 0.115 e. The Labute approximate surface area is 88.1 Å². The van der Waals surface area contributed by atoms with Gasteiger partial charge in [-0.1, -0.05) is 0 Å². The van der Waals surface area contributed by atoms with Crippen LogP contribution in [0, 0.1) is 45.3 Å². The largest absolute Gasteiger partial charge is 0.192 e. The molecule has 0 saturated heterocycles. The molecule has 0 N–H and O–H groups in total. The van der Waals surface area contributed by atoms with Gasteiger partial charge in [-0.3, -0.25) is 0 Å². The van der Waals surface area contributed by atoms with Gasteiger partial charge < -0.3 is 0 Å². The molecule has 0 amide bonds. The Morgan fingerprint density at radius 3 is 1.21 bits per heavy atom. The van der Waals surface area contributed by atoms with Gasteiger partial charge in [0.1, 0.15) is 34.1 Å². The van der Waals surface area contributed by atoms with E-state index in [4.69, 9.17) is 21.0 Å². The van der Waals surface area contributed by atoms with Crippen LogP contribution in [0.2, 0.25) is 0 Å². The van der Waals surface area contributed by atoms with Gasteiger partial charge >= 0.3 is 0 Å². The van der Waals surface area contributed by atoms with Crippen molar-refractivity contribution in [3.8, 4) is 24.3 Å². The van der Waals surface area contributed by atoms with E-state index in [1.165, 1.54) is 0 Å². The maximum absolute atomic E-state index is 8.73. The Hall–Kier alpha value is -1.86. The van der Waals surface area contributed by atoms with Crippen LogP contribution in [0.25, 0.3) is 0 Å². The molecule has 0 radical (unpaired) electrons. The third-order valence-corrected chi connectivity index (χ3v) is 3.60. The Balaban J connectivity index is 3.44.